The van der Waals surface area contributed by atoms with Gasteiger partial charge in [-0.15, -0.1) is 0 Å². The molecule has 0 saturated heterocycles. The Kier molecular flexibility index (Phi) is 11.1. The summed E-state index contributed by atoms with van der Waals surface area (Å²) in [5, 5.41) is 3.57. The van der Waals surface area contributed by atoms with Gasteiger partial charge in [0.15, 0.2) is 0 Å². The highest BCUT2D eigenvalue weighted by atomic mass is 35.5. The molecule has 3 rings (SSSR count). The quantitative estimate of drug-likeness (QED) is 0.275. The highest BCUT2D eigenvalue weighted by molar-refractivity contribution is 7.92. The van der Waals surface area contributed by atoms with Crippen molar-refractivity contribution in [3.05, 3.63) is 87.9 Å². The maximum atomic E-state index is 14.0. The Morgan fingerprint density at radius 2 is 1.59 bits per heavy atom. The number of nitrogens with one attached hydrogen (secondary N) is 1. The minimum absolute atomic E-state index is 0.00720. The van der Waals surface area contributed by atoms with Crippen LogP contribution in [0.1, 0.15) is 38.8 Å². The van der Waals surface area contributed by atoms with Crippen molar-refractivity contribution in [2.45, 2.75) is 58.1 Å². The molecule has 41 heavy (non-hydrogen) atoms. The van der Waals surface area contributed by atoms with Crippen LogP contribution in [-0.2, 0) is 26.2 Å². The molecule has 3 aromatic rings. The number of ether oxygens (including phenoxy) is 1. The number of aryl methyl sites for hydroxylation is 1. The van der Waals surface area contributed by atoms with Crippen molar-refractivity contribution in [2.75, 3.05) is 17.5 Å². The van der Waals surface area contributed by atoms with E-state index >= 15 is 0 Å². The van der Waals surface area contributed by atoms with Gasteiger partial charge in [0.25, 0.3) is 10.0 Å². The third-order valence-electron chi connectivity index (χ3n) is 6.28. The zero-order chi connectivity index (χ0) is 30.3. The number of hydrogen-bond donors (Lipinski definition) is 1. The number of rotatable bonds is 12. The van der Waals surface area contributed by atoms with Gasteiger partial charge >= 0.3 is 0 Å². The molecule has 11 heteroatoms. The third kappa shape index (κ3) is 8.38. The molecular weight excluding hydrogens is 585 g/mol. The van der Waals surface area contributed by atoms with E-state index in [-0.39, 0.29) is 23.4 Å². The molecule has 0 aliphatic rings. The molecule has 3 aromatic carbocycles. The Balaban J connectivity index is 2.04. The van der Waals surface area contributed by atoms with Gasteiger partial charge in [-0.1, -0.05) is 47.0 Å². The summed E-state index contributed by atoms with van der Waals surface area (Å²) in [6.45, 7) is 8.79. The molecule has 0 spiro atoms. The molecule has 1 unspecified atom stereocenters. The summed E-state index contributed by atoms with van der Waals surface area (Å²) < 4.78 is 34.4. The van der Waals surface area contributed by atoms with Gasteiger partial charge in [0, 0.05) is 22.6 Å². The summed E-state index contributed by atoms with van der Waals surface area (Å²) in [4.78, 5) is 28.3. The topological polar surface area (TPSA) is 96.0 Å². The van der Waals surface area contributed by atoms with Crippen LogP contribution in [0.4, 0.5) is 5.69 Å². The van der Waals surface area contributed by atoms with E-state index in [0.717, 1.165) is 9.87 Å². The number of benzene rings is 3. The fourth-order valence-electron chi connectivity index (χ4n) is 4.06. The highest BCUT2D eigenvalue weighted by Crippen LogP contribution is 2.27. The number of amides is 2. The van der Waals surface area contributed by atoms with Crippen LogP contribution in [0, 0.1) is 6.92 Å². The van der Waals surface area contributed by atoms with E-state index in [9.17, 15) is 18.0 Å². The Hall–Kier alpha value is -3.27. The van der Waals surface area contributed by atoms with Crippen LogP contribution in [0.25, 0.3) is 0 Å². The predicted octanol–water partition coefficient (Wildman–Crippen LogP) is 5.84. The molecule has 0 bridgehead atoms. The van der Waals surface area contributed by atoms with Gasteiger partial charge in [-0.25, -0.2) is 8.42 Å². The summed E-state index contributed by atoms with van der Waals surface area (Å²) >= 11 is 12.5. The second kappa shape index (κ2) is 14.1. The molecular formula is C30H35Cl2N3O5S. The van der Waals surface area contributed by atoms with E-state index in [1.165, 1.54) is 17.0 Å². The van der Waals surface area contributed by atoms with E-state index in [1.54, 1.807) is 61.5 Å². The third-order valence-corrected chi connectivity index (χ3v) is 8.65. The highest BCUT2D eigenvalue weighted by Gasteiger charge is 2.33. The Bertz CT molecular complexity index is 1460. The summed E-state index contributed by atoms with van der Waals surface area (Å²) in [7, 11) is -4.19. The lowest BCUT2D eigenvalue weighted by molar-refractivity contribution is -0.139. The summed E-state index contributed by atoms with van der Waals surface area (Å²) in [5.41, 5.74) is 1.79. The first-order chi connectivity index (χ1) is 19.3. The Morgan fingerprint density at radius 1 is 0.951 bits per heavy atom. The van der Waals surface area contributed by atoms with Crippen molar-refractivity contribution in [2.24, 2.45) is 0 Å². The first-order valence-corrected chi connectivity index (χ1v) is 15.4. The largest absolute Gasteiger partial charge is 0.494 e. The van der Waals surface area contributed by atoms with Gasteiger partial charge in [0.1, 0.15) is 18.3 Å². The lowest BCUT2D eigenvalue weighted by Crippen LogP contribution is -2.52. The molecule has 0 fully saturated rings. The van der Waals surface area contributed by atoms with Gasteiger partial charge in [-0.2, -0.15) is 0 Å². The van der Waals surface area contributed by atoms with E-state index in [2.05, 4.69) is 5.32 Å². The lowest BCUT2D eigenvalue weighted by Gasteiger charge is -2.32. The zero-order valence-corrected chi connectivity index (χ0v) is 26.1. The molecule has 0 saturated carbocycles. The normalized spacial score (nSPS) is 12.1. The number of hydrogen-bond acceptors (Lipinski definition) is 5. The van der Waals surface area contributed by atoms with E-state index in [0.29, 0.717) is 33.7 Å². The molecule has 220 valence electrons. The van der Waals surface area contributed by atoms with Gasteiger partial charge in [-0.3, -0.25) is 13.9 Å². The average molecular weight is 621 g/mol. The number of sulfonamides is 1. The molecule has 1 N–H and O–H groups in total. The van der Waals surface area contributed by atoms with Crippen LogP contribution >= 0.6 is 23.2 Å². The SMILES string of the molecule is CCOc1ccc(S(=O)(=O)N(CC(=O)N(Cc2ccc(Cl)cc2Cl)C(C)C(=O)NC(C)C)c2ccc(C)cc2)cc1. The number of carbonyl (C=O) groups excluding carboxylic acids is 2. The molecule has 1 atom stereocenters. The van der Waals surface area contributed by atoms with E-state index in [4.69, 9.17) is 27.9 Å². The molecule has 8 nitrogen and oxygen atoms in total. The first-order valence-electron chi connectivity index (χ1n) is 13.2. The second-order valence-electron chi connectivity index (χ2n) is 9.85. The fourth-order valence-corrected chi connectivity index (χ4v) is 5.95. The smallest absolute Gasteiger partial charge is 0.264 e. The maximum Gasteiger partial charge on any atom is 0.264 e. The minimum atomic E-state index is -4.19. The summed E-state index contributed by atoms with van der Waals surface area (Å²) in [6.07, 6.45) is 0. The van der Waals surface area contributed by atoms with Crippen molar-refractivity contribution < 1.29 is 22.7 Å². The molecule has 0 radical (unpaired) electrons. The monoisotopic (exact) mass is 619 g/mol. The van der Waals surface area contributed by atoms with Crippen molar-refractivity contribution in [1.82, 2.24) is 10.2 Å². The van der Waals surface area contributed by atoms with Gasteiger partial charge < -0.3 is 15.0 Å². The summed E-state index contributed by atoms with van der Waals surface area (Å²) in [6, 6.07) is 16.6. The number of halogens is 2. The molecule has 2 amide bonds. The van der Waals surface area contributed by atoms with Crippen molar-refractivity contribution in [3.8, 4) is 5.75 Å². The number of carbonyl (C=O) groups is 2. The predicted molar refractivity (Wildman–Crippen MR) is 163 cm³/mol. The lowest BCUT2D eigenvalue weighted by atomic mass is 10.1. The van der Waals surface area contributed by atoms with Crippen molar-refractivity contribution in [3.63, 3.8) is 0 Å². The van der Waals surface area contributed by atoms with Gasteiger partial charge in [0.05, 0.1) is 17.2 Å². The van der Waals surface area contributed by atoms with Gasteiger partial charge in [-0.05, 0) is 88.7 Å². The van der Waals surface area contributed by atoms with Crippen molar-refractivity contribution in [1.29, 1.82) is 0 Å². The molecule has 0 aliphatic carbocycles. The molecule has 0 heterocycles. The summed E-state index contributed by atoms with van der Waals surface area (Å²) in [5.74, 6) is -0.437. The second-order valence-corrected chi connectivity index (χ2v) is 12.6. The van der Waals surface area contributed by atoms with Crippen LogP contribution in [0.5, 0.6) is 5.75 Å². The molecule has 0 aliphatic heterocycles. The van der Waals surface area contributed by atoms with E-state index in [1.807, 2.05) is 27.7 Å². The first kappa shape index (κ1) is 32.2. The fraction of sp³-hybridized carbons (Fsp3) is 0.333. The van der Waals surface area contributed by atoms with Crippen molar-refractivity contribution >= 4 is 50.7 Å². The minimum Gasteiger partial charge on any atom is -0.494 e. The van der Waals surface area contributed by atoms with Gasteiger partial charge in [0.2, 0.25) is 11.8 Å². The standard InChI is InChI=1S/C30H35Cl2N3O5S/c1-6-40-26-13-15-27(16-14-26)41(38,39)35(25-11-7-21(4)8-12-25)19-29(36)34(22(5)30(37)33-20(2)3)18-23-9-10-24(31)17-28(23)32/h7-17,20,22H,6,18-19H2,1-5H3,(H,33,37). The zero-order valence-electron chi connectivity index (χ0n) is 23.7. The van der Waals surface area contributed by atoms with Crippen LogP contribution in [-0.4, -0.2) is 50.4 Å². The van der Waals surface area contributed by atoms with Crippen LogP contribution in [0.2, 0.25) is 10.0 Å². The van der Waals surface area contributed by atoms with E-state index < -0.39 is 28.5 Å². The average Bonchev–Trinajstić information content (AvgIpc) is 2.91. The van der Waals surface area contributed by atoms with Crippen LogP contribution in [0.15, 0.2) is 71.6 Å². The van der Waals surface area contributed by atoms with Crippen LogP contribution in [0.3, 0.4) is 0 Å². The maximum absolute atomic E-state index is 14.0. The Morgan fingerprint density at radius 3 is 2.15 bits per heavy atom. The molecule has 0 aromatic heterocycles. The number of nitrogens with zero attached hydrogens (tertiary/aromatic N) is 2. The number of anilines is 1. The Labute approximate surface area is 252 Å². The van der Waals surface area contributed by atoms with Crippen LogP contribution < -0.4 is 14.4 Å².